The van der Waals surface area contributed by atoms with Crippen molar-refractivity contribution in [1.82, 2.24) is 4.98 Å². The number of amides is 1. The van der Waals surface area contributed by atoms with Crippen LogP contribution in [-0.2, 0) is 0 Å². The van der Waals surface area contributed by atoms with Crippen LogP contribution in [0.5, 0.6) is 5.75 Å². The minimum Gasteiger partial charge on any atom is -0.410 e. The quantitative estimate of drug-likeness (QED) is 0.711. The highest BCUT2D eigenvalue weighted by molar-refractivity contribution is 5.89. The molecule has 1 amide bonds. The first kappa shape index (κ1) is 14.1. The minimum atomic E-state index is -0.464. The summed E-state index contributed by atoms with van der Waals surface area (Å²) in [5, 5.41) is 2.14. The monoisotopic (exact) mass is 292 g/mol. The van der Waals surface area contributed by atoms with Gasteiger partial charge in [-0.05, 0) is 42.0 Å². The van der Waals surface area contributed by atoms with Gasteiger partial charge in [0.15, 0.2) is 0 Å². The molecule has 0 N–H and O–H groups in total. The molecule has 2 aromatic carbocycles. The molecule has 4 heteroatoms. The molecule has 0 fully saturated rings. The molecule has 1 heterocycles. The van der Waals surface area contributed by atoms with E-state index in [4.69, 9.17) is 4.74 Å². The summed E-state index contributed by atoms with van der Waals surface area (Å²) >= 11 is 0. The predicted molar refractivity (Wildman–Crippen MR) is 87.3 cm³/mol. The third-order valence-corrected chi connectivity index (χ3v) is 3.42. The van der Waals surface area contributed by atoms with E-state index in [0.717, 1.165) is 16.5 Å². The Hall–Kier alpha value is -2.88. The number of aromatic nitrogens is 1. The smallest absolute Gasteiger partial charge is 0.410 e. The summed E-state index contributed by atoms with van der Waals surface area (Å²) in [6.45, 7) is 1.88. The normalized spacial score (nSPS) is 10.5. The topological polar surface area (TPSA) is 42.4 Å². The van der Waals surface area contributed by atoms with Crippen molar-refractivity contribution in [3.63, 3.8) is 0 Å². The molecule has 0 saturated heterocycles. The molecule has 3 rings (SSSR count). The zero-order chi connectivity index (χ0) is 15.5. The van der Waals surface area contributed by atoms with Crippen LogP contribution in [0.2, 0.25) is 0 Å². The molecule has 3 aromatic rings. The van der Waals surface area contributed by atoms with Crippen molar-refractivity contribution in [2.45, 2.75) is 6.92 Å². The summed E-state index contributed by atoms with van der Waals surface area (Å²) in [6, 6.07) is 19.0. The van der Waals surface area contributed by atoms with Gasteiger partial charge >= 0.3 is 6.09 Å². The first-order chi connectivity index (χ1) is 10.6. The minimum absolute atomic E-state index is 0.464. The van der Waals surface area contributed by atoms with E-state index in [-0.39, 0.29) is 0 Å². The highest BCUT2D eigenvalue weighted by Crippen LogP contribution is 2.21. The van der Waals surface area contributed by atoms with Crippen LogP contribution in [0.1, 0.15) is 5.69 Å². The zero-order valence-electron chi connectivity index (χ0n) is 12.5. The molecular weight excluding hydrogens is 276 g/mol. The van der Waals surface area contributed by atoms with Gasteiger partial charge in [0.1, 0.15) is 11.6 Å². The van der Waals surface area contributed by atoms with E-state index in [9.17, 15) is 4.79 Å². The Morgan fingerprint density at radius 2 is 1.77 bits per heavy atom. The molecule has 0 aliphatic rings. The van der Waals surface area contributed by atoms with Gasteiger partial charge in [0.2, 0.25) is 0 Å². The highest BCUT2D eigenvalue weighted by atomic mass is 16.6. The number of rotatable bonds is 2. The fourth-order valence-corrected chi connectivity index (χ4v) is 2.21. The van der Waals surface area contributed by atoms with Crippen molar-refractivity contribution in [2.24, 2.45) is 0 Å². The molecule has 0 radical (unpaired) electrons. The zero-order valence-corrected chi connectivity index (χ0v) is 12.5. The summed E-state index contributed by atoms with van der Waals surface area (Å²) in [6.07, 6.45) is -0.464. The summed E-state index contributed by atoms with van der Waals surface area (Å²) < 4.78 is 5.43. The number of carbonyl (C=O) groups excluding carboxylic acids is 1. The Bertz CT molecular complexity index is 830. The molecule has 0 atom stereocenters. The predicted octanol–water partition coefficient (Wildman–Crippen LogP) is 4.18. The number of pyridine rings is 1. The first-order valence-corrected chi connectivity index (χ1v) is 7.01. The lowest BCUT2D eigenvalue weighted by molar-refractivity contribution is 0.209. The number of aryl methyl sites for hydroxylation is 1. The van der Waals surface area contributed by atoms with E-state index in [0.29, 0.717) is 11.6 Å². The summed E-state index contributed by atoms with van der Waals surface area (Å²) in [5.41, 5.74) is 0.850. The standard InChI is InChI=1S/C18H16N2O2/c1-13-6-5-9-17(19-13)20(2)18(21)22-16-11-10-14-7-3-4-8-15(14)12-16/h3-12H,1-2H3. The van der Waals surface area contributed by atoms with Crippen LogP contribution in [0.3, 0.4) is 0 Å². The molecule has 0 spiro atoms. The van der Waals surface area contributed by atoms with Crippen molar-refractivity contribution in [3.8, 4) is 5.75 Å². The average Bonchev–Trinajstić information content (AvgIpc) is 2.54. The maximum Gasteiger partial charge on any atom is 0.420 e. The number of nitrogens with zero attached hydrogens (tertiary/aromatic N) is 2. The molecule has 110 valence electrons. The van der Waals surface area contributed by atoms with Gasteiger partial charge in [0, 0.05) is 12.7 Å². The number of hydrogen-bond donors (Lipinski definition) is 0. The molecule has 4 nitrogen and oxygen atoms in total. The number of fused-ring (bicyclic) bond motifs is 1. The van der Waals surface area contributed by atoms with Crippen molar-refractivity contribution >= 4 is 22.7 Å². The van der Waals surface area contributed by atoms with Gasteiger partial charge in [0.25, 0.3) is 0 Å². The van der Waals surface area contributed by atoms with Gasteiger partial charge in [-0.3, -0.25) is 4.90 Å². The molecular formula is C18H16N2O2. The molecule has 0 bridgehead atoms. The third kappa shape index (κ3) is 2.91. The van der Waals surface area contributed by atoms with E-state index in [1.54, 1.807) is 19.2 Å². The molecule has 0 aliphatic carbocycles. The molecule has 22 heavy (non-hydrogen) atoms. The van der Waals surface area contributed by atoms with Crippen LogP contribution in [0.4, 0.5) is 10.6 Å². The fourth-order valence-electron chi connectivity index (χ4n) is 2.21. The number of benzene rings is 2. The van der Waals surface area contributed by atoms with Crippen LogP contribution in [-0.4, -0.2) is 18.1 Å². The van der Waals surface area contributed by atoms with Gasteiger partial charge in [-0.25, -0.2) is 9.78 Å². The SMILES string of the molecule is Cc1cccc(N(C)C(=O)Oc2ccc3ccccc3c2)n1. The third-order valence-electron chi connectivity index (χ3n) is 3.42. The van der Waals surface area contributed by atoms with E-state index in [1.807, 2.05) is 55.5 Å². The van der Waals surface area contributed by atoms with Crippen molar-refractivity contribution in [3.05, 3.63) is 66.4 Å². The lowest BCUT2D eigenvalue weighted by Gasteiger charge is -2.16. The average molecular weight is 292 g/mol. The van der Waals surface area contributed by atoms with Gasteiger partial charge in [0.05, 0.1) is 0 Å². The first-order valence-electron chi connectivity index (χ1n) is 7.01. The number of carbonyl (C=O) groups is 1. The van der Waals surface area contributed by atoms with Crippen molar-refractivity contribution in [1.29, 1.82) is 0 Å². The Labute approximate surface area is 129 Å². The lowest BCUT2D eigenvalue weighted by Crippen LogP contribution is -2.30. The van der Waals surface area contributed by atoms with Crippen molar-refractivity contribution in [2.75, 3.05) is 11.9 Å². The summed E-state index contributed by atoms with van der Waals surface area (Å²) in [7, 11) is 1.64. The van der Waals surface area contributed by atoms with Gasteiger partial charge in [-0.15, -0.1) is 0 Å². The number of anilines is 1. The van der Waals surface area contributed by atoms with Gasteiger partial charge in [-0.2, -0.15) is 0 Å². The summed E-state index contributed by atoms with van der Waals surface area (Å²) in [4.78, 5) is 17.9. The van der Waals surface area contributed by atoms with Gasteiger partial charge in [-0.1, -0.05) is 36.4 Å². The summed E-state index contributed by atoms with van der Waals surface area (Å²) in [5.74, 6) is 1.08. The van der Waals surface area contributed by atoms with E-state index >= 15 is 0 Å². The molecule has 0 aliphatic heterocycles. The Kier molecular flexibility index (Phi) is 3.74. The van der Waals surface area contributed by atoms with E-state index in [2.05, 4.69) is 4.98 Å². The number of ether oxygens (including phenoxy) is 1. The highest BCUT2D eigenvalue weighted by Gasteiger charge is 2.14. The lowest BCUT2D eigenvalue weighted by atomic mass is 10.1. The maximum atomic E-state index is 12.2. The van der Waals surface area contributed by atoms with Crippen LogP contribution < -0.4 is 9.64 Å². The molecule has 1 aromatic heterocycles. The Morgan fingerprint density at radius 1 is 1.00 bits per heavy atom. The van der Waals surface area contributed by atoms with Crippen molar-refractivity contribution < 1.29 is 9.53 Å². The number of hydrogen-bond acceptors (Lipinski definition) is 3. The maximum absolute atomic E-state index is 12.2. The Balaban J connectivity index is 1.80. The van der Waals surface area contributed by atoms with E-state index in [1.165, 1.54) is 4.90 Å². The van der Waals surface area contributed by atoms with Crippen LogP contribution >= 0.6 is 0 Å². The second kappa shape index (κ2) is 5.85. The largest absolute Gasteiger partial charge is 0.420 e. The van der Waals surface area contributed by atoms with Crippen LogP contribution in [0, 0.1) is 6.92 Å². The van der Waals surface area contributed by atoms with Gasteiger partial charge < -0.3 is 4.74 Å². The van der Waals surface area contributed by atoms with Crippen LogP contribution in [0.15, 0.2) is 60.7 Å². The van der Waals surface area contributed by atoms with E-state index < -0.39 is 6.09 Å². The second-order valence-electron chi connectivity index (χ2n) is 5.07. The second-order valence-corrected chi connectivity index (χ2v) is 5.07. The fraction of sp³-hybridized carbons (Fsp3) is 0.111. The molecule has 0 saturated carbocycles. The van der Waals surface area contributed by atoms with Crippen LogP contribution in [0.25, 0.3) is 10.8 Å². The Morgan fingerprint density at radius 3 is 2.55 bits per heavy atom. The molecule has 0 unspecified atom stereocenters.